The molecule has 2 atom stereocenters. The molecule has 7 heteroatoms. The summed E-state index contributed by atoms with van der Waals surface area (Å²) in [5, 5.41) is 7.26. The normalized spacial score (nSPS) is 22.0. The number of H-pyrrole nitrogens is 1. The third-order valence-electron chi connectivity index (χ3n) is 5.86. The van der Waals surface area contributed by atoms with E-state index in [9.17, 15) is 9.59 Å². The van der Waals surface area contributed by atoms with E-state index < -0.39 is 0 Å². The Kier molecular flexibility index (Phi) is 4.68. The Morgan fingerprint density at radius 3 is 2.63 bits per heavy atom. The SMILES string of the molecule is CCc1[nH]nc(C(=O)N2C[C@H]3CC[C@@H]2CN(C(=O)c2ccncc2)C3)c1C. The first-order chi connectivity index (χ1) is 13.1. The highest BCUT2D eigenvalue weighted by Crippen LogP contribution is 2.30. The van der Waals surface area contributed by atoms with Crippen molar-refractivity contribution in [1.82, 2.24) is 25.0 Å². The Hall–Kier alpha value is -2.70. The van der Waals surface area contributed by atoms with Crippen LogP contribution in [0.25, 0.3) is 0 Å². The third-order valence-corrected chi connectivity index (χ3v) is 5.86. The van der Waals surface area contributed by atoms with Crippen LogP contribution in [0.1, 0.15) is 51.9 Å². The van der Waals surface area contributed by atoms with Gasteiger partial charge in [0.05, 0.1) is 0 Å². The summed E-state index contributed by atoms with van der Waals surface area (Å²) in [6.45, 7) is 5.96. The first-order valence-corrected chi connectivity index (χ1v) is 9.62. The Bertz CT molecular complexity index is 847. The predicted molar refractivity (Wildman–Crippen MR) is 100 cm³/mol. The van der Waals surface area contributed by atoms with Gasteiger partial charge < -0.3 is 9.80 Å². The molecular formula is C20H25N5O2. The molecule has 2 aromatic rings. The van der Waals surface area contributed by atoms with Crippen molar-refractivity contribution < 1.29 is 9.59 Å². The second-order valence-electron chi connectivity index (χ2n) is 7.53. The molecule has 1 N–H and O–H groups in total. The molecule has 3 saturated heterocycles. The van der Waals surface area contributed by atoms with E-state index in [4.69, 9.17) is 0 Å². The summed E-state index contributed by atoms with van der Waals surface area (Å²) >= 11 is 0. The topological polar surface area (TPSA) is 82.2 Å². The molecule has 27 heavy (non-hydrogen) atoms. The molecule has 0 aliphatic carbocycles. The van der Waals surface area contributed by atoms with Crippen LogP contribution in [-0.2, 0) is 6.42 Å². The minimum atomic E-state index is -0.0173. The van der Waals surface area contributed by atoms with E-state index in [0.29, 0.717) is 36.8 Å². The smallest absolute Gasteiger partial charge is 0.274 e. The standard InChI is InChI=1S/C20H25N5O2/c1-3-17-13(2)18(23-22-17)20(27)25-11-14-4-5-16(25)12-24(10-14)19(26)15-6-8-21-9-7-15/h6-9,14,16H,3-5,10-12H2,1-2H3,(H,22,23)/t14-,16+/m0/s1. The molecule has 3 fully saturated rings. The van der Waals surface area contributed by atoms with Crippen LogP contribution in [0, 0.1) is 12.8 Å². The van der Waals surface area contributed by atoms with E-state index in [-0.39, 0.29) is 17.9 Å². The zero-order valence-electron chi connectivity index (χ0n) is 15.8. The summed E-state index contributed by atoms with van der Waals surface area (Å²) in [5.41, 5.74) is 3.12. The zero-order valence-corrected chi connectivity index (χ0v) is 15.8. The fourth-order valence-corrected chi connectivity index (χ4v) is 4.30. The third kappa shape index (κ3) is 3.22. The molecule has 2 bridgehead atoms. The van der Waals surface area contributed by atoms with E-state index in [2.05, 4.69) is 15.2 Å². The Morgan fingerprint density at radius 1 is 1.15 bits per heavy atom. The minimum absolute atomic E-state index is 0.0173. The lowest BCUT2D eigenvalue weighted by Gasteiger charge is -2.35. The quantitative estimate of drug-likeness (QED) is 0.900. The number of carbonyl (C=O) groups excluding carboxylic acids is 2. The first kappa shape index (κ1) is 17.7. The van der Waals surface area contributed by atoms with Crippen molar-refractivity contribution in [1.29, 1.82) is 0 Å². The van der Waals surface area contributed by atoms with E-state index in [1.54, 1.807) is 24.5 Å². The number of hydrogen-bond donors (Lipinski definition) is 1. The zero-order chi connectivity index (χ0) is 19.0. The average molecular weight is 367 g/mol. The first-order valence-electron chi connectivity index (χ1n) is 9.62. The number of aromatic amines is 1. The predicted octanol–water partition coefficient (Wildman–Crippen LogP) is 2.05. The van der Waals surface area contributed by atoms with Crippen molar-refractivity contribution in [2.75, 3.05) is 19.6 Å². The Balaban J connectivity index is 1.55. The van der Waals surface area contributed by atoms with Crippen LogP contribution in [0.5, 0.6) is 0 Å². The number of hydrogen-bond acceptors (Lipinski definition) is 4. The van der Waals surface area contributed by atoms with Crippen molar-refractivity contribution in [3.8, 4) is 0 Å². The van der Waals surface area contributed by atoms with Gasteiger partial charge in [-0.3, -0.25) is 19.7 Å². The number of nitrogens with one attached hydrogen (secondary N) is 1. The lowest BCUT2D eigenvalue weighted by atomic mass is 9.94. The van der Waals surface area contributed by atoms with Gasteiger partial charge >= 0.3 is 0 Å². The van der Waals surface area contributed by atoms with Crippen LogP contribution < -0.4 is 0 Å². The number of pyridine rings is 1. The van der Waals surface area contributed by atoms with E-state index in [0.717, 1.165) is 30.5 Å². The Labute approximate surface area is 158 Å². The molecule has 142 valence electrons. The van der Waals surface area contributed by atoms with Crippen molar-refractivity contribution in [2.24, 2.45) is 5.92 Å². The molecule has 0 saturated carbocycles. The molecule has 5 heterocycles. The summed E-state index contributed by atoms with van der Waals surface area (Å²) < 4.78 is 0. The number of rotatable bonds is 3. The maximum absolute atomic E-state index is 13.2. The summed E-state index contributed by atoms with van der Waals surface area (Å²) in [7, 11) is 0. The van der Waals surface area contributed by atoms with Crippen LogP contribution in [0.2, 0.25) is 0 Å². The maximum atomic E-state index is 13.2. The van der Waals surface area contributed by atoms with Crippen molar-refractivity contribution in [3.05, 3.63) is 47.0 Å². The van der Waals surface area contributed by atoms with Gasteiger partial charge in [0.1, 0.15) is 0 Å². The van der Waals surface area contributed by atoms with Crippen LogP contribution in [0.15, 0.2) is 24.5 Å². The highest BCUT2D eigenvalue weighted by molar-refractivity contribution is 5.95. The van der Waals surface area contributed by atoms with Gasteiger partial charge in [0.2, 0.25) is 0 Å². The van der Waals surface area contributed by atoms with Crippen LogP contribution >= 0.6 is 0 Å². The van der Waals surface area contributed by atoms with Crippen molar-refractivity contribution in [3.63, 3.8) is 0 Å². The second kappa shape index (κ2) is 7.13. The summed E-state index contributed by atoms with van der Waals surface area (Å²) in [6.07, 6.45) is 6.09. The number of fused-ring (bicyclic) bond motifs is 4. The van der Waals surface area contributed by atoms with Crippen molar-refractivity contribution >= 4 is 11.8 Å². The van der Waals surface area contributed by atoms with Gasteiger partial charge in [-0.1, -0.05) is 6.92 Å². The molecule has 2 amide bonds. The van der Waals surface area contributed by atoms with Gasteiger partial charge in [-0.15, -0.1) is 0 Å². The Morgan fingerprint density at radius 2 is 1.93 bits per heavy atom. The van der Waals surface area contributed by atoms with Gasteiger partial charge in [-0.2, -0.15) is 5.10 Å². The largest absolute Gasteiger partial charge is 0.336 e. The number of piperidine rings is 1. The number of aryl methyl sites for hydroxylation is 1. The number of aromatic nitrogens is 3. The van der Waals surface area contributed by atoms with Gasteiger partial charge in [0, 0.05) is 54.9 Å². The molecule has 0 aromatic carbocycles. The molecule has 3 aliphatic heterocycles. The van der Waals surface area contributed by atoms with Crippen LogP contribution in [0.4, 0.5) is 0 Å². The fraction of sp³-hybridized carbons (Fsp3) is 0.500. The summed E-state index contributed by atoms with van der Waals surface area (Å²) in [5.74, 6) is 0.313. The van der Waals surface area contributed by atoms with Gasteiger partial charge in [-0.05, 0) is 44.2 Å². The van der Waals surface area contributed by atoms with Gasteiger partial charge in [-0.25, -0.2) is 0 Å². The molecule has 0 radical (unpaired) electrons. The molecule has 3 aliphatic rings. The molecule has 5 rings (SSSR count). The molecule has 2 aromatic heterocycles. The molecular weight excluding hydrogens is 342 g/mol. The average Bonchev–Trinajstić information content (AvgIpc) is 2.86. The highest BCUT2D eigenvalue weighted by Gasteiger charge is 2.40. The van der Waals surface area contributed by atoms with Crippen LogP contribution in [-0.4, -0.2) is 62.5 Å². The molecule has 7 nitrogen and oxygen atoms in total. The maximum Gasteiger partial charge on any atom is 0.274 e. The van der Waals surface area contributed by atoms with E-state index >= 15 is 0 Å². The minimum Gasteiger partial charge on any atom is -0.336 e. The van der Waals surface area contributed by atoms with E-state index in [1.165, 1.54) is 0 Å². The molecule has 0 unspecified atom stereocenters. The summed E-state index contributed by atoms with van der Waals surface area (Å²) in [6, 6.07) is 3.54. The van der Waals surface area contributed by atoms with Gasteiger partial charge in [0.25, 0.3) is 11.8 Å². The highest BCUT2D eigenvalue weighted by atomic mass is 16.2. The monoisotopic (exact) mass is 367 g/mol. The number of carbonyl (C=O) groups is 2. The number of amides is 2. The lowest BCUT2D eigenvalue weighted by molar-refractivity contribution is 0.0568. The molecule has 0 spiro atoms. The lowest BCUT2D eigenvalue weighted by Crippen LogP contribution is -2.48. The summed E-state index contributed by atoms with van der Waals surface area (Å²) in [4.78, 5) is 33.9. The van der Waals surface area contributed by atoms with Crippen molar-refractivity contribution in [2.45, 2.75) is 39.2 Å². The fourth-order valence-electron chi connectivity index (χ4n) is 4.30. The number of nitrogens with zero attached hydrogens (tertiary/aromatic N) is 4. The van der Waals surface area contributed by atoms with Crippen LogP contribution in [0.3, 0.4) is 0 Å². The van der Waals surface area contributed by atoms with E-state index in [1.807, 2.05) is 23.6 Å². The second-order valence-corrected chi connectivity index (χ2v) is 7.53. The van der Waals surface area contributed by atoms with Gasteiger partial charge in [0.15, 0.2) is 5.69 Å².